The molecule has 8 heteroatoms. The van der Waals surface area contributed by atoms with E-state index in [0.717, 1.165) is 52.6 Å². The number of anilines is 1. The highest BCUT2D eigenvalue weighted by atomic mass is 35.5. The van der Waals surface area contributed by atoms with Crippen molar-refractivity contribution in [1.29, 1.82) is 0 Å². The van der Waals surface area contributed by atoms with E-state index in [1.807, 2.05) is 36.4 Å². The van der Waals surface area contributed by atoms with Crippen molar-refractivity contribution in [3.63, 3.8) is 0 Å². The molecule has 1 atom stereocenters. The van der Waals surface area contributed by atoms with Crippen LogP contribution in [0.3, 0.4) is 0 Å². The highest BCUT2D eigenvalue weighted by Crippen LogP contribution is 2.34. The lowest BCUT2D eigenvalue weighted by Gasteiger charge is -2.15. The topological polar surface area (TPSA) is 60.2 Å². The first-order chi connectivity index (χ1) is 12.1. The Labute approximate surface area is 181 Å². The van der Waals surface area contributed by atoms with Gasteiger partial charge in [0.05, 0.1) is 23.8 Å². The molecule has 148 valence electrons. The molecule has 2 aromatic carbocycles. The molecule has 0 amide bonds. The maximum absolute atomic E-state index is 6.14. The average molecular weight is 451 g/mol. The van der Waals surface area contributed by atoms with Crippen LogP contribution >= 0.6 is 48.0 Å². The standard InChI is InChI=1S/C19H21Cl2N3O.2ClH/c1-25-14-5-7-17-16(10-14)19(23-8-2-3-13(22)11-20)15-6-4-12(21)9-18(15)24-17;;/h4-7,9-10,13H,2-3,8,11,22H2,1H3,(H,23,24);2*1H. The highest BCUT2D eigenvalue weighted by molar-refractivity contribution is 6.31. The lowest BCUT2D eigenvalue weighted by molar-refractivity contribution is 0.415. The Kier molecular flexibility index (Phi) is 9.71. The van der Waals surface area contributed by atoms with Gasteiger partial charge in [0, 0.05) is 34.3 Å². The van der Waals surface area contributed by atoms with Gasteiger partial charge >= 0.3 is 0 Å². The Hall–Kier alpha value is -1.17. The molecular weight excluding hydrogens is 428 g/mol. The molecule has 3 rings (SSSR count). The van der Waals surface area contributed by atoms with Crippen LogP contribution in [0.15, 0.2) is 36.4 Å². The van der Waals surface area contributed by atoms with Gasteiger partial charge in [-0.25, -0.2) is 4.98 Å². The maximum atomic E-state index is 6.14. The minimum atomic E-state index is 0. The number of nitrogens with zero attached hydrogens (tertiary/aromatic N) is 1. The lowest BCUT2D eigenvalue weighted by Crippen LogP contribution is -2.22. The first kappa shape index (κ1) is 23.9. The van der Waals surface area contributed by atoms with Crippen molar-refractivity contribution in [3.05, 3.63) is 41.4 Å². The van der Waals surface area contributed by atoms with Crippen molar-refractivity contribution < 1.29 is 4.74 Å². The molecule has 1 aromatic heterocycles. The molecule has 0 radical (unpaired) electrons. The van der Waals surface area contributed by atoms with Gasteiger partial charge in [-0.05, 0) is 49.2 Å². The molecule has 1 unspecified atom stereocenters. The van der Waals surface area contributed by atoms with E-state index in [-0.39, 0.29) is 30.9 Å². The number of hydrogen-bond donors (Lipinski definition) is 2. The quantitative estimate of drug-likeness (QED) is 0.277. The summed E-state index contributed by atoms with van der Waals surface area (Å²) in [5, 5.41) is 6.27. The first-order valence-corrected chi connectivity index (χ1v) is 9.16. The van der Waals surface area contributed by atoms with Crippen LogP contribution in [0.4, 0.5) is 5.69 Å². The average Bonchev–Trinajstić information content (AvgIpc) is 2.63. The summed E-state index contributed by atoms with van der Waals surface area (Å²) in [6.07, 6.45) is 1.82. The summed E-state index contributed by atoms with van der Waals surface area (Å²) in [6.45, 7) is 0.804. The Morgan fingerprint density at radius 3 is 2.59 bits per heavy atom. The largest absolute Gasteiger partial charge is 0.497 e. The van der Waals surface area contributed by atoms with Crippen LogP contribution < -0.4 is 15.8 Å². The summed E-state index contributed by atoms with van der Waals surface area (Å²) in [5.41, 5.74) is 8.69. The predicted octanol–water partition coefficient (Wildman–Crippen LogP) is 5.65. The second kappa shape index (κ2) is 11.0. The van der Waals surface area contributed by atoms with Crippen LogP contribution in [0, 0.1) is 0 Å². The molecule has 1 heterocycles. The zero-order valence-electron chi connectivity index (χ0n) is 14.9. The van der Waals surface area contributed by atoms with Crippen molar-refractivity contribution >= 4 is 75.5 Å². The monoisotopic (exact) mass is 449 g/mol. The Balaban J connectivity index is 0.00000182. The summed E-state index contributed by atoms with van der Waals surface area (Å²) >= 11 is 11.9. The smallest absolute Gasteiger partial charge is 0.119 e. The van der Waals surface area contributed by atoms with Crippen LogP contribution in [0.25, 0.3) is 21.8 Å². The molecule has 3 N–H and O–H groups in total. The maximum Gasteiger partial charge on any atom is 0.119 e. The third-order valence-electron chi connectivity index (χ3n) is 4.19. The molecule has 0 saturated heterocycles. The molecule has 27 heavy (non-hydrogen) atoms. The van der Waals surface area contributed by atoms with Gasteiger partial charge in [-0.2, -0.15) is 0 Å². The van der Waals surface area contributed by atoms with E-state index in [9.17, 15) is 0 Å². The molecule has 0 aliphatic heterocycles. The van der Waals surface area contributed by atoms with Crippen LogP contribution in [0.1, 0.15) is 12.8 Å². The Bertz CT molecular complexity index is 892. The van der Waals surface area contributed by atoms with E-state index in [4.69, 9.17) is 38.7 Å². The number of nitrogens with one attached hydrogen (secondary N) is 1. The predicted molar refractivity (Wildman–Crippen MR) is 122 cm³/mol. The third-order valence-corrected chi connectivity index (χ3v) is 4.83. The first-order valence-electron chi connectivity index (χ1n) is 8.25. The number of methoxy groups -OCH3 is 1. The van der Waals surface area contributed by atoms with Crippen LogP contribution in [-0.2, 0) is 0 Å². The van der Waals surface area contributed by atoms with Gasteiger partial charge in [0.1, 0.15) is 5.75 Å². The minimum absolute atomic E-state index is 0. The van der Waals surface area contributed by atoms with Crippen LogP contribution in [-0.4, -0.2) is 30.6 Å². The lowest BCUT2D eigenvalue weighted by atomic mass is 10.1. The fourth-order valence-electron chi connectivity index (χ4n) is 2.87. The Morgan fingerprint density at radius 1 is 1.11 bits per heavy atom. The van der Waals surface area contributed by atoms with Crippen molar-refractivity contribution in [2.45, 2.75) is 18.9 Å². The Morgan fingerprint density at radius 2 is 1.89 bits per heavy atom. The molecule has 0 spiro atoms. The third kappa shape index (κ3) is 5.66. The van der Waals surface area contributed by atoms with Gasteiger partial charge in [0.2, 0.25) is 0 Å². The molecule has 0 fully saturated rings. The SMILES string of the molecule is COc1ccc2nc3cc(Cl)ccc3c(NCCCC(N)CCl)c2c1.Cl.Cl. The van der Waals surface area contributed by atoms with Gasteiger partial charge in [-0.15, -0.1) is 36.4 Å². The number of rotatable bonds is 7. The van der Waals surface area contributed by atoms with Crippen molar-refractivity contribution in [2.24, 2.45) is 5.73 Å². The van der Waals surface area contributed by atoms with Crippen molar-refractivity contribution in [1.82, 2.24) is 4.98 Å². The zero-order chi connectivity index (χ0) is 17.8. The number of aromatic nitrogens is 1. The highest BCUT2D eigenvalue weighted by Gasteiger charge is 2.11. The number of nitrogens with two attached hydrogens (primary N) is 1. The van der Waals surface area contributed by atoms with E-state index >= 15 is 0 Å². The zero-order valence-corrected chi connectivity index (χ0v) is 18.0. The van der Waals surface area contributed by atoms with Crippen molar-refractivity contribution in [3.8, 4) is 5.75 Å². The van der Waals surface area contributed by atoms with E-state index < -0.39 is 0 Å². The number of halogens is 4. The molecular formula is C19H23Cl4N3O. The van der Waals surface area contributed by atoms with Gasteiger partial charge < -0.3 is 15.8 Å². The normalized spacial score (nSPS) is 11.6. The van der Waals surface area contributed by atoms with Crippen LogP contribution in [0.2, 0.25) is 5.02 Å². The number of alkyl halides is 1. The number of pyridine rings is 1. The van der Waals surface area contributed by atoms with Gasteiger partial charge in [0.15, 0.2) is 0 Å². The van der Waals surface area contributed by atoms with Gasteiger partial charge in [-0.1, -0.05) is 11.6 Å². The summed E-state index contributed by atoms with van der Waals surface area (Å²) < 4.78 is 5.37. The van der Waals surface area contributed by atoms with Gasteiger partial charge in [0.25, 0.3) is 0 Å². The second-order valence-corrected chi connectivity index (χ2v) is 6.76. The summed E-state index contributed by atoms with van der Waals surface area (Å²) in [4.78, 5) is 4.73. The fourth-order valence-corrected chi connectivity index (χ4v) is 3.19. The summed E-state index contributed by atoms with van der Waals surface area (Å²) in [7, 11) is 1.66. The molecule has 3 aromatic rings. The van der Waals surface area contributed by atoms with E-state index in [0.29, 0.717) is 10.9 Å². The molecule has 0 saturated carbocycles. The van der Waals surface area contributed by atoms with E-state index in [2.05, 4.69) is 5.32 Å². The molecule has 0 aliphatic rings. The van der Waals surface area contributed by atoms with Crippen LogP contribution in [0.5, 0.6) is 5.75 Å². The molecule has 0 aliphatic carbocycles. The number of hydrogen-bond acceptors (Lipinski definition) is 4. The number of fused-ring (bicyclic) bond motifs is 2. The van der Waals surface area contributed by atoms with Crippen molar-refractivity contribution in [2.75, 3.05) is 24.9 Å². The minimum Gasteiger partial charge on any atom is -0.497 e. The second-order valence-electron chi connectivity index (χ2n) is 6.01. The summed E-state index contributed by atoms with van der Waals surface area (Å²) in [6, 6.07) is 11.7. The number of benzene rings is 2. The fraction of sp³-hybridized carbons (Fsp3) is 0.316. The van der Waals surface area contributed by atoms with Gasteiger partial charge in [-0.3, -0.25) is 0 Å². The summed E-state index contributed by atoms with van der Waals surface area (Å²) in [5.74, 6) is 1.28. The number of ether oxygens (including phenoxy) is 1. The molecule has 4 nitrogen and oxygen atoms in total. The molecule has 0 bridgehead atoms. The van der Waals surface area contributed by atoms with E-state index in [1.165, 1.54) is 0 Å². The van der Waals surface area contributed by atoms with E-state index in [1.54, 1.807) is 7.11 Å².